The number of nitrogens with zero attached hydrogens (tertiary/aromatic N) is 2. The molecule has 6 heteroatoms. The second-order valence-electron chi connectivity index (χ2n) is 5.80. The topological polar surface area (TPSA) is 54.9 Å². The Bertz CT molecular complexity index is 903. The van der Waals surface area contributed by atoms with Crippen molar-refractivity contribution in [3.05, 3.63) is 82.5 Å². The van der Waals surface area contributed by atoms with Crippen LogP contribution in [-0.4, -0.2) is 22.6 Å². The molecule has 0 aliphatic rings. The highest BCUT2D eigenvalue weighted by molar-refractivity contribution is 7.99. The molecule has 1 N–H and O–H groups in total. The number of nitrogens with one attached hydrogen (secondary N) is 1. The van der Waals surface area contributed by atoms with Crippen molar-refractivity contribution in [1.29, 1.82) is 0 Å². The van der Waals surface area contributed by atoms with Crippen molar-refractivity contribution in [1.82, 2.24) is 15.5 Å². The van der Waals surface area contributed by atoms with E-state index in [1.54, 1.807) is 6.07 Å². The van der Waals surface area contributed by atoms with Crippen LogP contribution in [0, 0.1) is 6.92 Å². The zero-order chi connectivity index (χ0) is 18.4. The van der Waals surface area contributed by atoms with Crippen LogP contribution in [0.15, 0.2) is 70.6 Å². The molecule has 0 fully saturated rings. The first-order chi connectivity index (χ1) is 12.6. The summed E-state index contributed by atoms with van der Waals surface area (Å²) in [4.78, 5) is 13.6. The Balaban J connectivity index is 1.69. The third kappa shape index (κ3) is 5.07. The van der Waals surface area contributed by atoms with Crippen LogP contribution in [0.25, 0.3) is 0 Å². The van der Waals surface area contributed by atoms with E-state index in [4.69, 9.17) is 11.6 Å². The lowest BCUT2D eigenvalue weighted by Crippen LogP contribution is -2.26. The number of benzene rings is 2. The molecule has 0 atom stereocenters. The first-order valence-electron chi connectivity index (χ1n) is 8.22. The summed E-state index contributed by atoms with van der Waals surface area (Å²) in [6.07, 6.45) is 0.765. The summed E-state index contributed by atoms with van der Waals surface area (Å²) in [5, 5.41) is 11.6. The Hall–Kier alpha value is -2.37. The Kier molecular flexibility index (Phi) is 6.26. The first-order valence-corrected chi connectivity index (χ1v) is 9.41. The third-order valence-electron chi connectivity index (χ3n) is 3.71. The van der Waals surface area contributed by atoms with E-state index in [1.165, 1.54) is 22.9 Å². The second kappa shape index (κ2) is 8.83. The molecule has 0 unspecified atom stereocenters. The van der Waals surface area contributed by atoms with E-state index in [-0.39, 0.29) is 11.1 Å². The van der Waals surface area contributed by atoms with Crippen LogP contribution < -0.4 is 5.32 Å². The molecule has 1 amide bonds. The maximum atomic E-state index is 12.6. The second-order valence-corrected chi connectivity index (χ2v) is 7.25. The quantitative estimate of drug-likeness (QED) is 0.677. The summed E-state index contributed by atoms with van der Waals surface area (Å²) in [7, 11) is 0. The molecule has 1 heterocycles. The minimum Gasteiger partial charge on any atom is -0.352 e. The smallest absolute Gasteiger partial charge is 0.254 e. The van der Waals surface area contributed by atoms with Crippen LogP contribution in [0.5, 0.6) is 0 Å². The predicted octanol–water partition coefficient (Wildman–Crippen LogP) is 4.56. The summed E-state index contributed by atoms with van der Waals surface area (Å²) in [6, 6.07) is 19.5. The largest absolute Gasteiger partial charge is 0.352 e. The summed E-state index contributed by atoms with van der Waals surface area (Å²) in [5.41, 5.74) is 2.83. The van der Waals surface area contributed by atoms with E-state index in [2.05, 4.69) is 40.6 Å². The Morgan fingerprint density at radius 1 is 1.08 bits per heavy atom. The summed E-state index contributed by atoms with van der Waals surface area (Å²) in [6.45, 7) is 2.59. The van der Waals surface area contributed by atoms with Gasteiger partial charge in [0.25, 0.3) is 5.91 Å². The summed E-state index contributed by atoms with van der Waals surface area (Å²) < 4.78 is 0. The fourth-order valence-electron chi connectivity index (χ4n) is 2.48. The van der Waals surface area contributed by atoms with E-state index < -0.39 is 0 Å². The fraction of sp³-hybridized carbons (Fsp3) is 0.150. The van der Waals surface area contributed by atoms with Gasteiger partial charge in [-0.25, -0.2) is 0 Å². The molecule has 0 saturated carbocycles. The summed E-state index contributed by atoms with van der Waals surface area (Å²) in [5.74, 6) is -0.201. The molecule has 4 nitrogen and oxygen atoms in total. The molecule has 132 valence electrons. The minimum absolute atomic E-state index is 0.200. The molecule has 0 aliphatic carbocycles. The molecule has 3 aromatic rings. The number of halogens is 1. The van der Waals surface area contributed by atoms with Gasteiger partial charge in [-0.3, -0.25) is 4.79 Å². The van der Waals surface area contributed by atoms with Crippen LogP contribution >= 0.6 is 23.4 Å². The van der Waals surface area contributed by atoms with Crippen molar-refractivity contribution in [2.24, 2.45) is 0 Å². The van der Waals surface area contributed by atoms with E-state index >= 15 is 0 Å². The van der Waals surface area contributed by atoms with Crippen molar-refractivity contribution in [3.63, 3.8) is 0 Å². The van der Waals surface area contributed by atoms with Crippen LogP contribution in [0.3, 0.4) is 0 Å². The van der Waals surface area contributed by atoms with Crippen molar-refractivity contribution in [2.75, 3.05) is 6.54 Å². The molecule has 0 aliphatic heterocycles. The Labute approximate surface area is 162 Å². The van der Waals surface area contributed by atoms with Gasteiger partial charge in [0.2, 0.25) is 0 Å². The van der Waals surface area contributed by atoms with Gasteiger partial charge in [0.05, 0.1) is 5.56 Å². The summed E-state index contributed by atoms with van der Waals surface area (Å²) >= 11 is 7.34. The predicted molar refractivity (Wildman–Crippen MR) is 105 cm³/mol. The number of aromatic nitrogens is 2. The van der Waals surface area contributed by atoms with Crippen LogP contribution in [0.1, 0.15) is 21.5 Å². The van der Waals surface area contributed by atoms with Gasteiger partial charge in [-0.15, -0.1) is 10.2 Å². The molecule has 2 aromatic carbocycles. The number of carbonyl (C=O) groups excluding carboxylic acids is 1. The minimum atomic E-state index is -0.201. The van der Waals surface area contributed by atoms with Gasteiger partial charge in [0.1, 0.15) is 5.03 Å². The highest BCUT2D eigenvalue weighted by Crippen LogP contribution is 2.29. The number of hydrogen-bond acceptors (Lipinski definition) is 4. The average Bonchev–Trinajstić information content (AvgIpc) is 2.64. The normalized spacial score (nSPS) is 10.5. The van der Waals surface area contributed by atoms with E-state index in [9.17, 15) is 4.79 Å². The number of carbonyl (C=O) groups is 1. The molecular weight excluding hydrogens is 366 g/mol. The van der Waals surface area contributed by atoms with Gasteiger partial charge >= 0.3 is 0 Å². The molecule has 0 bridgehead atoms. The Morgan fingerprint density at radius 2 is 1.88 bits per heavy atom. The van der Waals surface area contributed by atoms with Crippen molar-refractivity contribution >= 4 is 29.3 Å². The van der Waals surface area contributed by atoms with Crippen LogP contribution in [0.2, 0.25) is 5.15 Å². The molecule has 0 saturated heterocycles. The van der Waals surface area contributed by atoms with Gasteiger partial charge in [-0.1, -0.05) is 71.4 Å². The lowest BCUT2D eigenvalue weighted by atomic mass is 10.1. The van der Waals surface area contributed by atoms with Crippen molar-refractivity contribution < 1.29 is 4.79 Å². The van der Waals surface area contributed by atoms with Crippen molar-refractivity contribution in [2.45, 2.75) is 23.3 Å². The highest BCUT2D eigenvalue weighted by Gasteiger charge is 2.15. The SMILES string of the molecule is Cc1cccc(CCNC(=O)c2cc(Cl)nnc2Sc2ccccc2)c1. The molecule has 0 spiro atoms. The Morgan fingerprint density at radius 3 is 2.65 bits per heavy atom. The van der Waals surface area contributed by atoms with Gasteiger partial charge in [-0.05, 0) is 37.1 Å². The van der Waals surface area contributed by atoms with Gasteiger partial charge in [0, 0.05) is 11.4 Å². The maximum absolute atomic E-state index is 12.6. The number of hydrogen-bond donors (Lipinski definition) is 1. The lowest BCUT2D eigenvalue weighted by Gasteiger charge is -2.09. The van der Waals surface area contributed by atoms with E-state index in [0.29, 0.717) is 17.1 Å². The number of aryl methyl sites for hydroxylation is 1. The first kappa shape index (κ1) is 18.4. The van der Waals surface area contributed by atoms with E-state index in [1.807, 2.05) is 36.4 Å². The van der Waals surface area contributed by atoms with Crippen molar-refractivity contribution in [3.8, 4) is 0 Å². The molecule has 0 radical (unpaired) electrons. The average molecular weight is 384 g/mol. The molecule has 1 aromatic heterocycles. The molecule has 3 rings (SSSR count). The number of amides is 1. The van der Waals surface area contributed by atoms with Gasteiger partial charge in [0.15, 0.2) is 5.15 Å². The zero-order valence-electron chi connectivity index (χ0n) is 14.3. The van der Waals surface area contributed by atoms with Gasteiger partial charge < -0.3 is 5.32 Å². The molecule has 26 heavy (non-hydrogen) atoms. The van der Waals surface area contributed by atoms with E-state index in [0.717, 1.165) is 11.3 Å². The standard InChI is InChI=1S/C20H18ClN3OS/c1-14-6-5-7-15(12-14)10-11-22-19(25)17-13-18(21)23-24-20(17)26-16-8-3-2-4-9-16/h2-9,12-13H,10-11H2,1H3,(H,22,25). The molecular formula is C20H18ClN3OS. The monoisotopic (exact) mass is 383 g/mol. The third-order valence-corrected chi connectivity index (χ3v) is 4.90. The fourth-order valence-corrected chi connectivity index (χ4v) is 3.48. The van der Waals surface area contributed by atoms with Gasteiger partial charge in [-0.2, -0.15) is 0 Å². The highest BCUT2D eigenvalue weighted by atomic mass is 35.5. The number of rotatable bonds is 6. The van der Waals surface area contributed by atoms with Crippen LogP contribution in [-0.2, 0) is 6.42 Å². The zero-order valence-corrected chi connectivity index (χ0v) is 15.8. The lowest BCUT2D eigenvalue weighted by molar-refractivity contribution is 0.0950. The maximum Gasteiger partial charge on any atom is 0.254 e. The van der Waals surface area contributed by atoms with Crippen LogP contribution in [0.4, 0.5) is 0 Å².